The predicted octanol–water partition coefficient (Wildman–Crippen LogP) is 3.78. The summed E-state index contributed by atoms with van der Waals surface area (Å²) in [7, 11) is 2.02. The number of rotatable bonds is 5. The highest BCUT2D eigenvalue weighted by Gasteiger charge is 2.23. The van der Waals surface area contributed by atoms with Gasteiger partial charge in [-0.05, 0) is 63.7 Å². The van der Waals surface area contributed by atoms with E-state index in [0.29, 0.717) is 6.54 Å². The van der Waals surface area contributed by atoms with Gasteiger partial charge in [0.25, 0.3) is 0 Å². The summed E-state index contributed by atoms with van der Waals surface area (Å²) in [5, 5.41) is 0. The average Bonchev–Trinajstić information content (AvgIpc) is 2.85. The molecule has 3 rings (SSSR count). The Morgan fingerprint density at radius 2 is 1.79 bits per heavy atom. The molecule has 3 nitrogen and oxygen atoms in total. The predicted molar refractivity (Wildman–Crippen MR) is 98.5 cm³/mol. The number of hydrogen-bond acceptors (Lipinski definition) is 2. The zero-order chi connectivity index (χ0) is 17.1. The Kier molecular flexibility index (Phi) is 5.20. The molecule has 0 amide bonds. The second-order valence-electron chi connectivity index (χ2n) is 7.18. The molecule has 0 unspecified atom stereocenters. The molecule has 1 aromatic carbocycles. The Labute approximate surface area is 145 Å². The molecule has 2 aromatic rings. The number of carbonyl (C=O) groups is 1. The Hall–Kier alpha value is -1.87. The first-order valence-electron chi connectivity index (χ1n) is 8.97. The lowest BCUT2D eigenvalue weighted by Crippen LogP contribution is -2.37. The molecule has 3 heteroatoms. The lowest BCUT2D eigenvalue weighted by molar-refractivity contribution is 0.0895. The molecule has 1 aromatic heterocycles. The smallest absolute Gasteiger partial charge is 0.178 e. The molecular weight excluding hydrogens is 296 g/mol. The van der Waals surface area contributed by atoms with Gasteiger partial charge in [0.05, 0.1) is 6.54 Å². The Morgan fingerprint density at radius 1 is 1.12 bits per heavy atom. The maximum Gasteiger partial charge on any atom is 0.178 e. The summed E-state index contributed by atoms with van der Waals surface area (Å²) in [6, 6.07) is 12.8. The number of aromatic nitrogens is 1. The normalized spacial score (nSPS) is 16.5. The van der Waals surface area contributed by atoms with Gasteiger partial charge in [0.15, 0.2) is 5.78 Å². The highest BCUT2D eigenvalue weighted by Crippen LogP contribution is 2.22. The Morgan fingerprint density at radius 3 is 2.38 bits per heavy atom. The van der Waals surface area contributed by atoms with Crippen LogP contribution >= 0.6 is 0 Å². The minimum absolute atomic E-state index is 0.262. The number of ketones is 1. The third kappa shape index (κ3) is 3.78. The number of nitrogens with zero attached hydrogens (tertiary/aromatic N) is 2. The van der Waals surface area contributed by atoms with Gasteiger partial charge in [-0.3, -0.25) is 9.69 Å². The molecule has 0 spiro atoms. The van der Waals surface area contributed by atoms with Gasteiger partial charge in [0, 0.05) is 24.0 Å². The van der Waals surface area contributed by atoms with Gasteiger partial charge in [-0.1, -0.05) is 30.3 Å². The lowest BCUT2D eigenvalue weighted by atomic mass is 9.90. The first-order chi connectivity index (χ1) is 11.5. The van der Waals surface area contributed by atoms with Crippen molar-refractivity contribution >= 4 is 5.78 Å². The monoisotopic (exact) mass is 324 g/mol. The Bertz CT molecular complexity index is 694. The summed E-state index contributed by atoms with van der Waals surface area (Å²) < 4.78 is 2.10. The van der Waals surface area contributed by atoms with Crippen LogP contribution in [0.1, 0.15) is 40.2 Å². The topological polar surface area (TPSA) is 25.2 Å². The van der Waals surface area contributed by atoms with Crippen LogP contribution in [0.5, 0.6) is 0 Å². The average molecular weight is 324 g/mol. The van der Waals surface area contributed by atoms with Gasteiger partial charge in [0.2, 0.25) is 0 Å². The van der Waals surface area contributed by atoms with E-state index < -0.39 is 0 Å². The second-order valence-corrected chi connectivity index (χ2v) is 7.18. The van der Waals surface area contributed by atoms with Crippen molar-refractivity contribution < 1.29 is 4.79 Å². The molecule has 0 radical (unpaired) electrons. The summed E-state index contributed by atoms with van der Waals surface area (Å²) in [6.45, 7) is 6.72. The van der Waals surface area contributed by atoms with Gasteiger partial charge in [0.1, 0.15) is 0 Å². The first-order valence-corrected chi connectivity index (χ1v) is 8.97. The molecule has 0 atom stereocenters. The Balaban J connectivity index is 1.52. The van der Waals surface area contributed by atoms with Crippen molar-refractivity contribution in [3.05, 3.63) is 58.9 Å². The summed E-state index contributed by atoms with van der Waals surface area (Å²) in [6.07, 6.45) is 3.55. The summed E-state index contributed by atoms with van der Waals surface area (Å²) in [5.74, 6) is 1.01. The third-order valence-corrected chi connectivity index (χ3v) is 5.52. The second kappa shape index (κ2) is 7.35. The zero-order valence-corrected chi connectivity index (χ0v) is 15.1. The van der Waals surface area contributed by atoms with Crippen molar-refractivity contribution in [2.24, 2.45) is 13.0 Å². The van der Waals surface area contributed by atoms with Crippen LogP contribution in [0.4, 0.5) is 0 Å². The van der Waals surface area contributed by atoms with E-state index in [1.807, 2.05) is 20.0 Å². The molecule has 1 aliphatic heterocycles. The van der Waals surface area contributed by atoms with E-state index in [0.717, 1.165) is 36.0 Å². The fourth-order valence-electron chi connectivity index (χ4n) is 3.72. The number of likely N-dealkylation sites (tertiary alicyclic amines) is 1. The number of aryl methyl sites for hydroxylation is 1. The molecule has 24 heavy (non-hydrogen) atoms. The fourth-order valence-corrected chi connectivity index (χ4v) is 3.72. The van der Waals surface area contributed by atoms with Crippen LogP contribution in [-0.4, -0.2) is 34.9 Å². The van der Waals surface area contributed by atoms with Crippen LogP contribution in [0, 0.1) is 19.8 Å². The van der Waals surface area contributed by atoms with E-state index in [4.69, 9.17) is 0 Å². The fraction of sp³-hybridized carbons (Fsp3) is 0.476. The number of hydrogen-bond donors (Lipinski definition) is 0. The van der Waals surface area contributed by atoms with Gasteiger partial charge in [-0.15, -0.1) is 0 Å². The van der Waals surface area contributed by atoms with E-state index in [-0.39, 0.29) is 5.78 Å². The van der Waals surface area contributed by atoms with E-state index in [1.54, 1.807) is 0 Å². The number of Topliss-reactive ketones (excluding diaryl/α,β-unsaturated/α-hetero) is 1. The van der Waals surface area contributed by atoms with Crippen LogP contribution < -0.4 is 0 Å². The molecule has 0 aliphatic carbocycles. The molecule has 0 N–H and O–H groups in total. The van der Waals surface area contributed by atoms with Crippen LogP contribution in [0.15, 0.2) is 36.4 Å². The minimum atomic E-state index is 0.262. The lowest BCUT2D eigenvalue weighted by Gasteiger charge is -2.31. The largest absolute Gasteiger partial charge is 0.351 e. The number of benzene rings is 1. The van der Waals surface area contributed by atoms with Crippen molar-refractivity contribution in [2.45, 2.75) is 33.1 Å². The summed E-state index contributed by atoms with van der Waals surface area (Å²) in [5.41, 5.74) is 4.55. The van der Waals surface area contributed by atoms with Crippen molar-refractivity contribution in [2.75, 3.05) is 19.6 Å². The van der Waals surface area contributed by atoms with Crippen LogP contribution in [-0.2, 0) is 13.5 Å². The number of carbonyl (C=O) groups excluding carboxylic acids is 1. The minimum Gasteiger partial charge on any atom is -0.351 e. The SMILES string of the molecule is Cc1cc(C(=O)CN2CCC(Cc3ccccc3)CC2)c(C)n1C. The van der Waals surface area contributed by atoms with Crippen LogP contribution in [0.2, 0.25) is 0 Å². The highest BCUT2D eigenvalue weighted by atomic mass is 16.1. The van der Waals surface area contributed by atoms with Crippen molar-refractivity contribution in [3.63, 3.8) is 0 Å². The molecule has 1 aliphatic rings. The van der Waals surface area contributed by atoms with E-state index >= 15 is 0 Å². The molecule has 128 valence electrons. The summed E-state index contributed by atoms with van der Waals surface area (Å²) >= 11 is 0. The molecule has 1 saturated heterocycles. The van der Waals surface area contributed by atoms with Gasteiger partial charge < -0.3 is 4.57 Å². The van der Waals surface area contributed by atoms with E-state index in [1.165, 1.54) is 24.8 Å². The van der Waals surface area contributed by atoms with Gasteiger partial charge in [-0.25, -0.2) is 0 Å². The highest BCUT2D eigenvalue weighted by molar-refractivity contribution is 5.99. The molecule has 0 bridgehead atoms. The van der Waals surface area contributed by atoms with Crippen LogP contribution in [0.25, 0.3) is 0 Å². The zero-order valence-electron chi connectivity index (χ0n) is 15.1. The van der Waals surface area contributed by atoms with Crippen molar-refractivity contribution in [1.82, 2.24) is 9.47 Å². The number of piperidine rings is 1. The maximum absolute atomic E-state index is 12.6. The standard InChI is InChI=1S/C21H28N2O/c1-16-13-20(17(2)22(16)3)21(24)15-23-11-9-19(10-12-23)14-18-7-5-4-6-8-18/h4-8,13,19H,9-12,14-15H2,1-3H3. The quantitative estimate of drug-likeness (QED) is 0.782. The van der Waals surface area contributed by atoms with Crippen LogP contribution in [0.3, 0.4) is 0 Å². The molecular formula is C21H28N2O. The third-order valence-electron chi connectivity index (χ3n) is 5.52. The molecule has 2 heterocycles. The summed E-state index contributed by atoms with van der Waals surface area (Å²) in [4.78, 5) is 14.9. The van der Waals surface area contributed by atoms with Gasteiger partial charge >= 0.3 is 0 Å². The maximum atomic E-state index is 12.6. The van der Waals surface area contributed by atoms with Crippen molar-refractivity contribution in [1.29, 1.82) is 0 Å². The molecule has 1 fully saturated rings. The van der Waals surface area contributed by atoms with E-state index in [2.05, 4.69) is 46.7 Å². The van der Waals surface area contributed by atoms with E-state index in [9.17, 15) is 4.79 Å². The van der Waals surface area contributed by atoms with Crippen molar-refractivity contribution in [3.8, 4) is 0 Å². The van der Waals surface area contributed by atoms with Gasteiger partial charge in [-0.2, -0.15) is 0 Å². The first kappa shape index (κ1) is 17.0. The molecule has 0 saturated carbocycles.